The van der Waals surface area contributed by atoms with E-state index in [1.54, 1.807) is 31.3 Å². The molecule has 0 amide bonds. The van der Waals surface area contributed by atoms with Gasteiger partial charge >= 0.3 is 0 Å². The number of pyridine rings is 2. The van der Waals surface area contributed by atoms with E-state index in [2.05, 4.69) is 20.9 Å². The molecule has 2 fully saturated rings. The highest BCUT2D eigenvalue weighted by molar-refractivity contribution is 6.29. The third kappa shape index (κ3) is 4.60. The molecule has 2 saturated carbocycles. The Labute approximate surface area is 209 Å². The van der Waals surface area contributed by atoms with E-state index in [0.717, 1.165) is 37.9 Å². The first-order valence-electron chi connectivity index (χ1n) is 12.2. The number of fused-ring (bicyclic) bond motifs is 1. The largest absolute Gasteiger partial charge is 0.369 e. The fourth-order valence-corrected chi connectivity index (χ4v) is 5.60. The van der Waals surface area contributed by atoms with Gasteiger partial charge in [0, 0.05) is 38.4 Å². The van der Waals surface area contributed by atoms with E-state index in [1.807, 2.05) is 13.1 Å². The van der Waals surface area contributed by atoms with Crippen LogP contribution in [-0.2, 0) is 7.05 Å². The lowest BCUT2D eigenvalue weighted by Crippen LogP contribution is -2.44. The highest BCUT2D eigenvalue weighted by Crippen LogP contribution is 2.37. The van der Waals surface area contributed by atoms with Crippen molar-refractivity contribution >= 4 is 34.0 Å². The van der Waals surface area contributed by atoms with Crippen molar-refractivity contribution in [3.8, 4) is 6.07 Å². The summed E-state index contributed by atoms with van der Waals surface area (Å²) in [4.78, 5) is 21.9. The molecule has 0 N–H and O–H groups in total. The molecule has 0 unspecified atom stereocenters. The van der Waals surface area contributed by atoms with Crippen LogP contribution < -0.4 is 15.4 Å². The molecule has 0 atom stereocenters. The van der Waals surface area contributed by atoms with Gasteiger partial charge in [-0.15, -0.1) is 0 Å². The van der Waals surface area contributed by atoms with Crippen LogP contribution in [-0.4, -0.2) is 35.2 Å². The Morgan fingerprint density at radius 2 is 1.86 bits per heavy atom. The number of rotatable bonds is 6. The number of benzene rings is 1. The van der Waals surface area contributed by atoms with Gasteiger partial charge in [0.1, 0.15) is 28.1 Å². The first kappa shape index (κ1) is 23.6. The van der Waals surface area contributed by atoms with Crippen molar-refractivity contribution in [2.24, 2.45) is 13.0 Å². The second-order valence-electron chi connectivity index (χ2n) is 9.85. The third-order valence-corrected chi connectivity index (χ3v) is 7.80. The van der Waals surface area contributed by atoms with E-state index in [1.165, 1.54) is 23.5 Å². The molecule has 182 valence electrons. The predicted octanol–water partition coefficient (Wildman–Crippen LogP) is 5.26. The Morgan fingerprint density at radius 3 is 2.51 bits per heavy atom. The van der Waals surface area contributed by atoms with Crippen LogP contribution in [0.15, 0.2) is 41.2 Å². The van der Waals surface area contributed by atoms with Gasteiger partial charge in [-0.3, -0.25) is 4.79 Å². The summed E-state index contributed by atoms with van der Waals surface area (Å²) >= 11 is 6.21. The Balaban J connectivity index is 1.42. The molecule has 8 heteroatoms. The van der Waals surface area contributed by atoms with Crippen molar-refractivity contribution in [3.05, 3.63) is 63.3 Å². The lowest BCUT2D eigenvalue weighted by Gasteiger charge is -2.41. The summed E-state index contributed by atoms with van der Waals surface area (Å²) in [7, 11) is 3.59. The normalized spacial score (nSPS) is 20.0. The third-order valence-electron chi connectivity index (χ3n) is 7.59. The molecule has 2 heterocycles. The van der Waals surface area contributed by atoms with Gasteiger partial charge in [-0.2, -0.15) is 5.26 Å². The predicted molar refractivity (Wildman–Crippen MR) is 138 cm³/mol. The number of halogens is 2. The number of hydrogen-bond acceptors (Lipinski definition) is 5. The van der Waals surface area contributed by atoms with Crippen LogP contribution in [0.25, 0.3) is 11.0 Å². The average Bonchev–Trinajstić information content (AvgIpc) is 3.68. The zero-order chi connectivity index (χ0) is 24.7. The highest BCUT2D eigenvalue weighted by atomic mass is 35.5. The molecule has 6 nitrogen and oxygen atoms in total. The number of nitrogens with zero attached hydrogens (tertiary/aromatic N) is 5. The number of aromatic nitrogens is 2. The molecule has 0 spiro atoms. The topological polar surface area (TPSA) is 65.2 Å². The molecule has 2 aromatic heterocycles. The standard InChI is InChI=1S/C27H29ClFN5O/c1-32(26-22(15-30)27(35)33(2)23-12-13-24(28)31-25(23)26)19-8-10-20(11-9-19)34(16-17-6-7-17)21-5-3-4-18(29)14-21/h3-5,12-14,17,19-20H,6-11,16H2,1-2H3. The monoisotopic (exact) mass is 493 g/mol. The van der Waals surface area contributed by atoms with E-state index >= 15 is 0 Å². The maximum atomic E-state index is 14.0. The average molecular weight is 494 g/mol. The molecule has 35 heavy (non-hydrogen) atoms. The van der Waals surface area contributed by atoms with Crippen LogP contribution in [0.3, 0.4) is 0 Å². The minimum absolute atomic E-state index is 0.0921. The molecule has 0 bridgehead atoms. The number of aryl methyl sites for hydroxylation is 1. The number of nitriles is 1. The van der Waals surface area contributed by atoms with Crippen molar-refractivity contribution in [2.75, 3.05) is 23.4 Å². The summed E-state index contributed by atoms with van der Waals surface area (Å²) in [5.41, 5.74) is 2.48. The van der Waals surface area contributed by atoms with Crippen molar-refractivity contribution in [1.82, 2.24) is 9.55 Å². The van der Waals surface area contributed by atoms with Crippen LogP contribution in [0.4, 0.5) is 15.8 Å². The Kier molecular flexibility index (Phi) is 6.41. The van der Waals surface area contributed by atoms with E-state index in [0.29, 0.717) is 33.8 Å². The van der Waals surface area contributed by atoms with Crippen LogP contribution >= 0.6 is 11.6 Å². The Morgan fingerprint density at radius 1 is 1.14 bits per heavy atom. The number of anilines is 2. The molecular formula is C27H29ClFN5O. The van der Waals surface area contributed by atoms with Gasteiger partial charge in [0.15, 0.2) is 0 Å². The number of hydrogen-bond donors (Lipinski definition) is 0. The zero-order valence-electron chi connectivity index (χ0n) is 20.0. The zero-order valence-corrected chi connectivity index (χ0v) is 20.8. The van der Waals surface area contributed by atoms with Crippen molar-refractivity contribution in [3.63, 3.8) is 0 Å². The maximum absolute atomic E-state index is 14.0. The fraction of sp³-hybridized carbons (Fsp3) is 0.444. The van der Waals surface area contributed by atoms with Gasteiger partial charge in [-0.05, 0) is 74.8 Å². The first-order valence-corrected chi connectivity index (χ1v) is 12.6. The van der Waals surface area contributed by atoms with Crippen LogP contribution in [0.2, 0.25) is 5.15 Å². The van der Waals surface area contributed by atoms with Crippen molar-refractivity contribution in [1.29, 1.82) is 5.26 Å². The summed E-state index contributed by atoms with van der Waals surface area (Å²) in [5, 5.41) is 10.2. The van der Waals surface area contributed by atoms with E-state index in [4.69, 9.17) is 11.6 Å². The van der Waals surface area contributed by atoms with Crippen LogP contribution in [0, 0.1) is 23.1 Å². The summed E-state index contributed by atoms with van der Waals surface area (Å²) in [6.45, 7) is 0.967. The second-order valence-corrected chi connectivity index (χ2v) is 10.2. The smallest absolute Gasteiger partial charge is 0.270 e. The fourth-order valence-electron chi connectivity index (χ4n) is 5.45. The minimum atomic E-state index is -0.332. The van der Waals surface area contributed by atoms with Crippen LogP contribution in [0.1, 0.15) is 44.1 Å². The summed E-state index contributed by atoms with van der Waals surface area (Å²) in [6, 6.07) is 13.0. The first-order chi connectivity index (χ1) is 16.9. The molecule has 0 saturated heterocycles. The Bertz CT molecular complexity index is 1350. The molecule has 0 aliphatic heterocycles. The Hall–Kier alpha value is -3.11. The van der Waals surface area contributed by atoms with Gasteiger partial charge in [0.2, 0.25) is 0 Å². The van der Waals surface area contributed by atoms with Gasteiger partial charge in [-0.1, -0.05) is 17.7 Å². The maximum Gasteiger partial charge on any atom is 0.270 e. The second kappa shape index (κ2) is 9.50. The van der Waals surface area contributed by atoms with Gasteiger partial charge in [0.05, 0.1) is 11.2 Å². The molecule has 2 aliphatic rings. The highest BCUT2D eigenvalue weighted by Gasteiger charge is 2.33. The van der Waals surface area contributed by atoms with E-state index in [-0.39, 0.29) is 23.0 Å². The van der Waals surface area contributed by atoms with Gasteiger partial charge in [-0.25, -0.2) is 9.37 Å². The van der Waals surface area contributed by atoms with E-state index < -0.39 is 0 Å². The van der Waals surface area contributed by atoms with Gasteiger partial charge < -0.3 is 14.4 Å². The molecule has 1 aromatic carbocycles. The molecular weight excluding hydrogens is 465 g/mol. The lowest BCUT2D eigenvalue weighted by molar-refractivity contribution is 0.365. The summed E-state index contributed by atoms with van der Waals surface area (Å²) in [5.74, 6) is 0.490. The van der Waals surface area contributed by atoms with Crippen molar-refractivity contribution in [2.45, 2.75) is 50.6 Å². The summed E-state index contributed by atoms with van der Waals surface area (Å²) in [6.07, 6.45) is 6.20. The molecule has 3 aromatic rings. The quantitative estimate of drug-likeness (QED) is 0.438. The van der Waals surface area contributed by atoms with Crippen molar-refractivity contribution < 1.29 is 4.39 Å². The van der Waals surface area contributed by atoms with Gasteiger partial charge in [0.25, 0.3) is 5.56 Å². The molecule has 2 aliphatic carbocycles. The molecule has 0 radical (unpaired) electrons. The van der Waals surface area contributed by atoms with E-state index in [9.17, 15) is 14.4 Å². The summed E-state index contributed by atoms with van der Waals surface area (Å²) < 4.78 is 15.4. The lowest BCUT2D eigenvalue weighted by atomic mass is 9.88. The van der Waals surface area contributed by atoms with Crippen LogP contribution in [0.5, 0.6) is 0 Å². The molecule has 5 rings (SSSR count). The minimum Gasteiger partial charge on any atom is -0.369 e. The SMILES string of the molecule is CN(c1c(C#N)c(=O)n(C)c2ccc(Cl)nc12)C1CCC(N(CC2CC2)c2cccc(F)c2)CC1.